The Morgan fingerprint density at radius 2 is 1.70 bits per heavy atom. The van der Waals surface area contributed by atoms with Crippen LogP contribution in [0.15, 0.2) is 12.1 Å². The molecule has 0 bridgehead atoms. The summed E-state index contributed by atoms with van der Waals surface area (Å²) in [6.45, 7) is 0. The van der Waals surface area contributed by atoms with Gasteiger partial charge in [-0.15, -0.1) is 0 Å². The minimum atomic E-state index is -0.590. The molecule has 0 spiro atoms. The fourth-order valence-electron chi connectivity index (χ4n) is 0.502. The van der Waals surface area contributed by atoms with Gasteiger partial charge in [0.15, 0.2) is 0 Å². The lowest BCUT2D eigenvalue weighted by atomic mass is 10.3. The summed E-state index contributed by atoms with van der Waals surface area (Å²) < 4.78 is 25.1. The van der Waals surface area contributed by atoms with E-state index < -0.39 is 11.6 Å². The van der Waals surface area contributed by atoms with E-state index in [0.29, 0.717) is 0 Å². The van der Waals surface area contributed by atoms with Crippen LogP contribution in [0.2, 0.25) is 5.02 Å². The molecule has 54 valence electrons. The van der Waals surface area contributed by atoms with Gasteiger partial charge < -0.3 is 0 Å². The zero-order valence-corrected chi connectivity index (χ0v) is 7.58. The van der Waals surface area contributed by atoms with Gasteiger partial charge in [-0.05, 0) is 34.7 Å². The predicted octanol–water partition coefficient (Wildman–Crippen LogP) is 3.22. The molecule has 4 heteroatoms. The van der Waals surface area contributed by atoms with Gasteiger partial charge >= 0.3 is 0 Å². The maximum atomic E-state index is 12.5. The number of hydrogen-bond donors (Lipinski definition) is 0. The smallest absolute Gasteiger partial charge is 0.143 e. The van der Waals surface area contributed by atoms with Crippen molar-refractivity contribution >= 4 is 34.2 Å². The summed E-state index contributed by atoms with van der Waals surface area (Å²) in [6.07, 6.45) is 0. The van der Waals surface area contributed by atoms with Crippen molar-refractivity contribution in [3.63, 3.8) is 0 Å². The van der Waals surface area contributed by atoms with E-state index in [1.165, 1.54) is 0 Å². The minimum Gasteiger partial charge on any atom is -0.206 e. The van der Waals surface area contributed by atoms with E-state index in [-0.39, 0.29) is 8.59 Å². The molecule has 0 heterocycles. The Balaban J connectivity index is 3.34. The van der Waals surface area contributed by atoms with Crippen molar-refractivity contribution in [2.75, 3.05) is 0 Å². The first-order chi connectivity index (χ1) is 4.63. The normalized spacial score (nSPS) is 10.0. The standard InChI is InChI=1S/C6H2ClF2I/c7-5-3(8)1-2-4(9)6(5)10/h1-2H. The topological polar surface area (TPSA) is 0 Å². The third-order valence-corrected chi connectivity index (χ3v) is 2.73. The molecule has 1 aromatic carbocycles. The highest BCUT2D eigenvalue weighted by molar-refractivity contribution is 14.1. The molecule has 0 unspecified atom stereocenters. The van der Waals surface area contributed by atoms with Gasteiger partial charge in [0.05, 0.1) is 8.59 Å². The molecule has 10 heavy (non-hydrogen) atoms. The van der Waals surface area contributed by atoms with Gasteiger partial charge in [-0.25, -0.2) is 8.78 Å². The SMILES string of the molecule is Fc1ccc(F)c(I)c1Cl. The van der Waals surface area contributed by atoms with Gasteiger partial charge in [0.1, 0.15) is 11.6 Å². The van der Waals surface area contributed by atoms with Crippen LogP contribution in [0.3, 0.4) is 0 Å². The summed E-state index contributed by atoms with van der Waals surface area (Å²) in [4.78, 5) is 0. The average Bonchev–Trinajstić information content (AvgIpc) is 1.93. The van der Waals surface area contributed by atoms with Crippen LogP contribution >= 0.6 is 34.2 Å². The molecule has 1 aromatic rings. The molecule has 0 N–H and O–H groups in total. The van der Waals surface area contributed by atoms with Crippen LogP contribution in [0.25, 0.3) is 0 Å². The lowest BCUT2D eigenvalue weighted by Gasteiger charge is -1.96. The molecule has 0 aromatic heterocycles. The molecule has 0 atom stereocenters. The molecule has 0 radical (unpaired) electrons. The number of benzene rings is 1. The Kier molecular flexibility index (Phi) is 2.46. The average molecular weight is 274 g/mol. The Morgan fingerprint density at radius 1 is 1.20 bits per heavy atom. The summed E-state index contributed by atoms with van der Waals surface area (Å²) in [5.74, 6) is -1.08. The summed E-state index contributed by atoms with van der Waals surface area (Å²) in [5.41, 5.74) is 0. The molecule has 0 aliphatic heterocycles. The highest BCUT2D eigenvalue weighted by Crippen LogP contribution is 2.23. The van der Waals surface area contributed by atoms with Crippen molar-refractivity contribution in [2.24, 2.45) is 0 Å². The van der Waals surface area contributed by atoms with Crippen molar-refractivity contribution in [3.8, 4) is 0 Å². The van der Waals surface area contributed by atoms with Gasteiger partial charge in [-0.3, -0.25) is 0 Å². The first kappa shape index (κ1) is 8.20. The fourth-order valence-corrected chi connectivity index (χ4v) is 1.09. The number of halogens is 4. The second kappa shape index (κ2) is 3.00. The van der Waals surface area contributed by atoms with Crippen molar-refractivity contribution in [3.05, 3.63) is 32.4 Å². The molecule has 0 aliphatic carbocycles. The van der Waals surface area contributed by atoms with Crippen LogP contribution in [0, 0.1) is 15.2 Å². The summed E-state index contributed by atoms with van der Waals surface area (Å²) in [7, 11) is 0. The number of rotatable bonds is 0. The van der Waals surface area contributed by atoms with E-state index in [1.54, 1.807) is 22.6 Å². The number of hydrogen-bond acceptors (Lipinski definition) is 0. The van der Waals surface area contributed by atoms with E-state index in [9.17, 15) is 8.78 Å². The lowest BCUT2D eigenvalue weighted by molar-refractivity contribution is 0.594. The van der Waals surface area contributed by atoms with Gasteiger partial charge in [-0.1, -0.05) is 11.6 Å². The highest BCUT2D eigenvalue weighted by Gasteiger charge is 2.07. The van der Waals surface area contributed by atoms with Crippen LogP contribution in [-0.2, 0) is 0 Å². The lowest BCUT2D eigenvalue weighted by Crippen LogP contribution is -1.85. The van der Waals surface area contributed by atoms with Crippen molar-refractivity contribution < 1.29 is 8.78 Å². The van der Waals surface area contributed by atoms with E-state index >= 15 is 0 Å². The first-order valence-corrected chi connectivity index (χ1v) is 3.87. The second-order valence-corrected chi connectivity index (χ2v) is 3.11. The second-order valence-electron chi connectivity index (χ2n) is 1.66. The minimum absolute atomic E-state index is 0.124. The molecular formula is C6H2ClF2I. The highest BCUT2D eigenvalue weighted by atomic mass is 127. The van der Waals surface area contributed by atoms with E-state index in [0.717, 1.165) is 12.1 Å². The van der Waals surface area contributed by atoms with Crippen molar-refractivity contribution in [1.29, 1.82) is 0 Å². The molecule has 0 amide bonds. The molecule has 0 nitrogen and oxygen atoms in total. The van der Waals surface area contributed by atoms with Gasteiger partial charge in [0.2, 0.25) is 0 Å². The van der Waals surface area contributed by atoms with Gasteiger partial charge in [-0.2, -0.15) is 0 Å². The Labute approximate surface area is 75.3 Å². The van der Waals surface area contributed by atoms with Crippen molar-refractivity contribution in [2.45, 2.75) is 0 Å². The maximum absolute atomic E-state index is 12.5. The Bertz CT molecular complexity index is 235. The van der Waals surface area contributed by atoms with Gasteiger partial charge in [0, 0.05) is 0 Å². The van der Waals surface area contributed by atoms with Crippen LogP contribution in [0.1, 0.15) is 0 Å². The zero-order chi connectivity index (χ0) is 7.72. The molecule has 1 rings (SSSR count). The third-order valence-electron chi connectivity index (χ3n) is 0.988. The Morgan fingerprint density at radius 3 is 2.20 bits per heavy atom. The quantitative estimate of drug-likeness (QED) is 0.387. The Hall–Kier alpha value is 0.1000. The third kappa shape index (κ3) is 1.40. The monoisotopic (exact) mass is 274 g/mol. The largest absolute Gasteiger partial charge is 0.206 e. The molecular weight excluding hydrogens is 272 g/mol. The van der Waals surface area contributed by atoms with Crippen LogP contribution in [0.5, 0.6) is 0 Å². The zero-order valence-electron chi connectivity index (χ0n) is 4.67. The summed E-state index contributed by atoms with van der Waals surface area (Å²) >= 11 is 7.01. The summed E-state index contributed by atoms with van der Waals surface area (Å²) in [6, 6.07) is 2.04. The fraction of sp³-hybridized carbons (Fsp3) is 0. The van der Waals surface area contributed by atoms with E-state index in [4.69, 9.17) is 11.6 Å². The molecule has 0 saturated carbocycles. The van der Waals surface area contributed by atoms with E-state index in [2.05, 4.69) is 0 Å². The molecule has 0 fully saturated rings. The van der Waals surface area contributed by atoms with E-state index in [1.807, 2.05) is 0 Å². The van der Waals surface area contributed by atoms with Crippen LogP contribution in [-0.4, -0.2) is 0 Å². The van der Waals surface area contributed by atoms with Crippen molar-refractivity contribution in [1.82, 2.24) is 0 Å². The molecule has 0 aliphatic rings. The molecule has 0 saturated heterocycles. The maximum Gasteiger partial charge on any atom is 0.143 e. The summed E-state index contributed by atoms with van der Waals surface area (Å²) in [5, 5.41) is -0.152. The van der Waals surface area contributed by atoms with Gasteiger partial charge in [0.25, 0.3) is 0 Å². The first-order valence-electron chi connectivity index (χ1n) is 2.42. The van der Waals surface area contributed by atoms with Crippen LogP contribution < -0.4 is 0 Å². The predicted molar refractivity (Wildman–Crippen MR) is 44.1 cm³/mol. The van der Waals surface area contributed by atoms with Crippen LogP contribution in [0.4, 0.5) is 8.78 Å².